The third-order valence-corrected chi connectivity index (χ3v) is 3.87. The lowest BCUT2D eigenvalue weighted by Crippen LogP contribution is -2.43. The normalized spacial score (nSPS) is 16.9. The van der Waals surface area contributed by atoms with Gasteiger partial charge in [0.25, 0.3) is 5.91 Å². The van der Waals surface area contributed by atoms with E-state index >= 15 is 0 Å². The van der Waals surface area contributed by atoms with Crippen molar-refractivity contribution < 1.29 is 19.5 Å². The van der Waals surface area contributed by atoms with Gasteiger partial charge in [0, 0.05) is 25.3 Å². The zero-order valence-electron chi connectivity index (χ0n) is 14.2. The Kier molecular flexibility index (Phi) is 6.76. The van der Waals surface area contributed by atoms with E-state index in [1.807, 2.05) is 0 Å². The Balaban J connectivity index is 1.99. The molecule has 1 aromatic carbocycles. The Morgan fingerprint density at radius 2 is 2.04 bits per heavy atom. The maximum atomic E-state index is 12.7. The van der Waals surface area contributed by atoms with E-state index in [1.54, 1.807) is 36.1 Å². The first-order chi connectivity index (χ1) is 12.0. The number of β-amino-alcohol motifs (C(OH)–C–C–N with tert-alkyl or cyclic N) is 1. The van der Waals surface area contributed by atoms with Gasteiger partial charge in [-0.3, -0.25) is 14.9 Å². The summed E-state index contributed by atoms with van der Waals surface area (Å²) < 4.78 is 0. The lowest BCUT2D eigenvalue weighted by atomic mass is 10.1. The maximum Gasteiger partial charge on any atom is 0.321 e. The van der Waals surface area contributed by atoms with E-state index in [-0.39, 0.29) is 12.5 Å². The highest BCUT2D eigenvalue weighted by Crippen LogP contribution is 2.20. The van der Waals surface area contributed by atoms with Crippen molar-refractivity contribution in [2.45, 2.75) is 25.9 Å². The summed E-state index contributed by atoms with van der Waals surface area (Å²) in [6.07, 6.45) is 0.960. The average molecular weight is 348 g/mol. The molecule has 0 bridgehead atoms. The van der Waals surface area contributed by atoms with Crippen LogP contribution in [-0.4, -0.2) is 60.1 Å². The monoisotopic (exact) mass is 348 g/mol. The largest absolute Gasteiger partial charge is 0.391 e. The van der Waals surface area contributed by atoms with E-state index in [4.69, 9.17) is 0 Å². The molecule has 1 fully saturated rings. The molecule has 0 radical (unpaired) electrons. The van der Waals surface area contributed by atoms with Gasteiger partial charge in [-0.05, 0) is 31.9 Å². The molecule has 2 rings (SSSR count). The topological polar surface area (TPSA) is 111 Å². The maximum absolute atomic E-state index is 12.7. The molecule has 25 heavy (non-hydrogen) atoms. The molecule has 136 valence electrons. The number of amides is 4. The molecule has 0 spiro atoms. The molecule has 1 aromatic rings. The van der Waals surface area contributed by atoms with E-state index < -0.39 is 18.0 Å². The fourth-order valence-electron chi connectivity index (χ4n) is 2.68. The number of hydrogen-bond donors (Lipinski definition) is 4. The Labute approximate surface area is 146 Å². The minimum atomic E-state index is -0.555. The van der Waals surface area contributed by atoms with Crippen LogP contribution in [0.1, 0.15) is 30.1 Å². The number of carbonyl (C=O) groups excluding carboxylic acids is 3. The average Bonchev–Trinajstić information content (AvgIpc) is 2.60. The van der Waals surface area contributed by atoms with Gasteiger partial charge in [-0.25, -0.2) is 4.79 Å². The number of para-hydroxylation sites is 1. The van der Waals surface area contributed by atoms with E-state index in [9.17, 15) is 19.5 Å². The predicted octanol–water partition coefficient (Wildman–Crippen LogP) is 0.541. The summed E-state index contributed by atoms with van der Waals surface area (Å²) in [6, 6.07) is 6.32. The standard InChI is InChI=1S/C17H24N4O4/c1-2-18-17(25)20-15(23)10-19-14-8-4-3-7-13(14)16(24)21-9-5-6-12(22)11-21/h3-4,7-8,12,19,22H,2,5-6,9-11H2,1H3,(H2,18,20,23,25)/t12-/m0/s1. The minimum absolute atomic E-state index is 0.135. The highest BCUT2D eigenvalue weighted by Gasteiger charge is 2.24. The van der Waals surface area contributed by atoms with Gasteiger partial charge >= 0.3 is 6.03 Å². The summed E-state index contributed by atoms with van der Waals surface area (Å²) in [5, 5.41) is 17.3. The summed E-state index contributed by atoms with van der Waals surface area (Å²) in [6.45, 7) is 2.95. The van der Waals surface area contributed by atoms with Gasteiger partial charge in [0.2, 0.25) is 5.91 Å². The minimum Gasteiger partial charge on any atom is -0.391 e. The molecule has 1 atom stereocenters. The van der Waals surface area contributed by atoms with Crippen molar-refractivity contribution in [3.05, 3.63) is 29.8 Å². The molecule has 0 saturated carbocycles. The van der Waals surface area contributed by atoms with Gasteiger partial charge in [0.1, 0.15) is 0 Å². The Morgan fingerprint density at radius 3 is 2.76 bits per heavy atom. The molecule has 4 N–H and O–H groups in total. The zero-order valence-corrected chi connectivity index (χ0v) is 14.2. The fourth-order valence-corrected chi connectivity index (χ4v) is 2.68. The lowest BCUT2D eigenvalue weighted by Gasteiger charge is -2.30. The number of anilines is 1. The van der Waals surface area contributed by atoms with Crippen LogP contribution in [0.3, 0.4) is 0 Å². The number of benzene rings is 1. The summed E-state index contributed by atoms with van der Waals surface area (Å²) >= 11 is 0. The van der Waals surface area contributed by atoms with Crippen LogP contribution in [0.25, 0.3) is 0 Å². The summed E-state index contributed by atoms with van der Waals surface area (Å²) in [5.74, 6) is -0.687. The summed E-state index contributed by atoms with van der Waals surface area (Å²) in [7, 11) is 0. The van der Waals surface area contributed by atoms with Crippen LogP contribution in [0.15, 0.2) is 24.3 Å². The van der Waals surface area contributed by atoms with E-state index in [0.717, 1.165) is 6.42 Å². The number of nitrogens with zero attached hydrogens (tertiary/aromatic N) is 1. The molecule has 8 heteroatoms. The van der Waals surface area contributed by atoms with Crippen molar-refractivity contribution in [2.75, 3.05) is 31.5 Å². The molecule has 4 amide bonds. The van der Waals surface area contributed by atoms with Crippen molar-refractivity contribution in [1.82, 2.24) is 15.5 Å². The third-order valence-electron chi connectivity index (χ3n) is 3.87. The first-order valence-corrected chi connectivity index (χ1v) is 8.39. The Bertz CT molecular complexity index is 635. The first kappa shape index (κ1) is 18.7. The van der Waals surface area contributed by atoms with E-state index in [0.29, 0.717) is 37.3 Å². The number of aliphatic hydroxyl groups excluding tert-OH is 1. The van der Waals surface area contributed by atoms with Gasteiger partial charge in [-0.1, -0.05) is 12.1 Å². The molecule has 1 heterocycles. The molecule has 0 unspecified atom stereocenters. The molecule has 1 saturated heterocycles. The van der Waals surface area contributed by atoms with E-state index in [2.05, 4.69) is 16.0 Å². The highest BCUT2D eigenvalue weighted by atomic mass is 16.3. The van der Waals surface area contributed by atoms with Crippen LogP contribution < -0.4 is 16.0 Å². The molecular formula is C17H24N4O4. The van der Waals surface area contributed by atoms with Crippen molar-refractivity contribution in [3.8, 4) is 0 Å². The smallest absolute Gasteiger partial charge is 0.321 e. The van der Waals surface area contributed by atoms with Gasteiger partial charge in [0.15, 0.2) is 0 Å². The first-order valence-electron chi connectivity index (χ1n) is 8.39. The van der Waals surface area contributed by atoms with Crippen LogP contribution in [-0.2, 0) is 4.79 Å². The van der Waals surface area contributed by atoms with Crippen molar-refractivity contribution in [2.24, 2.45) is 0 Å². The quantitative estimate of drug-likeness (QED) is 0.621. The van der Waals surface area contributed by atoms with E-state index in [1.165, 1.54) is 0 Å². The number of rotatable bonds is 5. The molecule has 0 aromatic heterocycles. The number of nitrogens with one attached hydrogen (secondary N) is 3. The van der Waals surface area contributed by atoms with Gasteiger partial charge in [0.05, 0.1) is 18.2 Å². The second-order valence-corrected chi connectivity index (χ2v) is 5.85. The lowest BCUT2D eigenvalue weighted by molar-refractivity contribution is -0.118. The number of likely N-dealkylation sites (tertiary alicyclic amines) is 1. The van der Waals surface area contributed by atoms with Gasteiger partial charge in [-0.15, -0.1) is 0 Å². The molecule has 1 aliphatic rings. The summed E-state index contributed by atoms with van der Waals surface area (Å²) in [5.41, 5.74) is 0.945. The molecule has 0 aliphatic carbocycles. The van der Waals surface area contributed by atoms with Crippen LogP contribution in [0.2, 0.25) is 0 Å². The molecule has 8 nitrogen and oxygen atoms in total. The zero-order chi connectivity index (χ0) is 18.2. The third kappa shape index (κ3) is 5.46. The Morgan fingerprint density at radius 1 is 1.28 bits per heavy atom. The highest BCUT2D eigenvalue weighted by molar-refractivity contribution is 6.01. The number of aliphatic hydroxyl groups is 1. The van der Waals surface area contributed by atoms with Crippen LogP contribution in [0.5, 0.6) is 0 Å². The second-order valence-electron chi connectivity index (χ2n) is 5.85. The predicted molar refractivity (Wildman–Crippen MR) is 93.3 cm³/mol. The van der Waals surface area contributed by atoms with Crippen LogP contribution >= 0.6 is 0 Å². The van der Waals surface area contributed by atoms with Crippen molar-refractivity contribution >= 4 is 23.5 Å². The molecule has 1 aliphatic heterocycles. The van der Waals surface area contributed by atoms with Gasteiger partial charge < -0.3 is 20.6 Å². The van der Waals surface area contributed by atoms with Crippen LogP contribution in [0, 0.1) is 0 Å². The second kappa shape index (κ2) is 9.03. The number of hydrogen-bond acceptors (Lipinski definition) is 5. The van der Waals surface area contributed by atoms with Crippen LogP contribution in [0.4, 0.5) is 10.5 Å². The number of carbonyl (C=O) groups is 3. The van der Waals surface area contributed by atoms with Crippen molar-refractivity contribution in [3.63, 3.8) is 0 Å². The number of urea groups is 1. The Hall–Kier alpha value is -2.61. The van der Waals surface area contributed by atoms with Crippen molar-refractivity contribution in [1.29, 1.82) is 0 Å². The fraction of sp³-hybridized carbons (Fsp3) is 0.471. The molecular weight excluding hydrogens is 324 g/mol. The number of piperidine rings is 1. The van der Waals surface area contributed by atoms with Gasteiger partial charge in [-0.2, -0.15) is 0 Å². The summed E-state index contributed by atoms with van der Waals surface area (Å²) in [4.78, 5) is 37.4. The SMILES string of the molecule is CCNC(=O)NC(=O)CNc1ccccc1C(=O)N1CCC[C@H](O)C1. The number of imide groups is 1.